The zero-order chi connectivity index (χ0) is 19.0. The van der Waals surface area contributed by atoms with E-state index in [2.05, 4.69) is 13.6 Å². The molecule has 148 valence electrons. The number of likely N-dealkylation sites (tertiary alicyclic amines) is 1. The molecule has 6 atom stereocenters. The smallest absolute Gasteiger partial charge is 0.153 e. The molecule has 4 unspecified atom stereocenters. The van der Waals surface area contributed by atoms with Crippen molar-refractivity contribution in [1.82, 2.24) is 0 Å². The monoisotopic (exact) mass is 374 g/mol. The third kappa shape index (κ3) is 2.41. The molecule has 1 spiro atoms. The summed E-state index contributed by atoms with van der Waals surface area (Å²) in [6, 6.07) is 0.0437. The van der Waals surface area contributed by atoms with E-state index < -0.39 is 23.2 Å². The van der Waals surface area contributed by atoms with Crippen LogP contribution in [0.1, 0.15) is 44.9 Å². The van der Waals surface area contributed by atoms with E-state index in [1.807, 2.05) is 6.08 Å². The highest BCUT2D eigenvalue weighted by Gasteiger charge is 2.73. The number of likely N-dealkylation sites (N-methyl/N-ethyl adjacent to an activating group) is 1. The van der Waals surface area contributed by atoms with Gasteiger partial charge in [-0.3, -0.25) is 0 Å². The minimum absolute atomic E-state index is 0.0437. The molecule has 2 aliphatic heterocycles. The number of quaternary nitrogens is 1. The number of piperidine rings is 1. The zero-order valence-corrected chi connectivity index (χ0v) is 16.2. The minimum Gasteiger partial charge on any atom is -0.504 e. The van der Waals surface area contributed by atoms with Gasteiger partial charge in [0.1, 0.15) is 23.5 Å². The number of aliphatic hydroxyl groups is 3. The van der Waals surface area contributed by atoms with E-state index in [-0.39, 0.29) is 11.8 Å². The molecule has 3 bridgehead atoms. The lowest BCUT2D eigenvalue weighted by molar-refractivity contribution is -0.951. The number of rotatable bonds is 2. The van der Waals surface area contributed by atoms with Crippen molar-refractivity contribution < 1.29 is 24.5 Å². The first kappa shape index (κ1) is 17.8. The maximum Gasteiger partial charge on any atom is 0.153 e. The molecule has 0 aromatic rings. The summed E-state index contributed by atoms with van der Waals surface area (Å²) in [5.74, 6) is 1.40. The zero-order valence-electron chi connectivity index (χ0n) is 16.2. The molecule has 3 aliphatic carbocycles. The van der Waals surface area contributed by atoms with E-state index in [1.54, 1.807) is 6.08 Å². The van der Waals surface area contributed by atoms with Gasteiger partial charge in [0.15, 0.2) is 5.76 Å². The Labute approximate surface area is 161 Å². The average molecular weight is 375 g/mol. The largest absolute Gasteiger partial charge is 0.504 e. The SMILES string of the molecule is C=C1/C=C\C(O)=C2C[C@]34CC[N+](C)(CC5CC5)C(C1)[C@]3(O)CCC(O)C4O2. The van der Waals surface area contributed by atoms with Gasteiger partial charge in [0.25, 0.3) is 0 Å². The minimum atomic E-state index is -0.922. The van der Waals surface area contributed by atoms with Crippen molar-refractivity contribution in [3.63, 3.8) is 0 Å². The van der Waals surface area contributed by atoms with E-state index in [1.165, 1.54) is 12.8 Å². The Morgan fingerprint density at radius 1 is 1.26 bits per heavy atom. The summed E-state index contributed by atoms with van der Waals surface area (Å²) < 4.78 is 7.00. The number of aliphatic hydroxyl groups excluding tert-OH is 2. The first-order chi connectivity index (χ1) is 12.8. The van der Waals surface area contributed by atoms with E-state index in [4.69, 9.17) is 4.74 Å². The molecule has 2 saturated carbocycles. The fraction of sp³-hybridized carbons (Fsp3) is 0.727. The fourth-order valence-electron chi connectivity index (χ4n) is 6.64. The number of allylic oxidation sites excluding steroid dienone is 3. The summed E-state index contributed by atoms with van der Waals surface area (Å²) in [7, 11) is 2.31. The van der Waals surface area contributed by atoms with Gasteiger partial charge in [-0.25, -0.2) is 0 Å². The van der Waals surface area contributed by atoms with Crippen molar-refractivity contribution >= 4 is 0 Å². The Morgan fingerprint density at radius 2 is 2.04 bits per heavy atom. The molecule has 0 aromatic heterocycles. The summed E-state index contributed by atoms with van der Waals surface area (Å²) >= 11 is 0. The van der Waals surface area contributed by atoms with Gasteiger partial charge in [0, 0.05) is 25.2 Å². The van der Waals surface area contributed by atoms with Gasteiger partial charge in [0.05, 0.1) is 31.7 Å². The second-order valence-corrected chi connectivity index (χ2v) is 10.0. The maximum absolute atomic E-state index is 12.3. The third-order valence-corrected chi connectivity index (χ3v) is 8.29. The summed E-state index contributed by atoms with van der Waals surface area (Å²) in [6.07, 6.45) is 8.26. The topological polar surface area (TPSA) is 69.9 Å². The quantitative estimate of drug-likeness (QED) is 0.650. The molecule has 3 N–H and O–H groups in total. The summed E-state index contributed by atoms with van der Waals surface area (Å²) in [5, 5.41) is 33.5. The van der Waals surface area contributed by atoms with Crippen LogP contribution in [-0.2, 0) is 4.74 Å². The lowest BCUT2D eigenvalue weighted by Gasteiger charge is -2.63. The Bertz CT molecular complexity index is 741. The molecule has 2 saturated heterocycles. The highest BCUT2D eigenvalue weighted by molar-refractivity contribution is 5.32. The standard InChI is InChI=1S/C22H31NO4/c1-14-3-6-16(24)18-12-21-9-10-23(2,13-15-4-5-15)19(11-14)22(21,26)8-7-17(25)20(21)27-18/h3,6,15,17,19-20,25-26H,1,4-5,7-13H2,2H3/p+1/b6-3-,18-16?/t17?,19?,20?,21-,22+,23?/m0/s1. The van der Waals surface area contributed by atoms with Crippen LogP contribution in [0.15, 0.2) is 35.8 Å². The molecule has 5 aliphatic rings. The molecule has 0 aromatic carbocycles. The molecule has 0 amide bonds. The van der Waals surface area contributed by atoms with Crippen molar-refractivity contribution in [1.29, 1.82) is 0 Å². The molecule has 5 heteroatoms. The van der Waals surface area contributed by atoms with E-state index >= 15 is 0 Å². The molecular formula is C22H32NO4+. The van der Waals surface area contributed by atoms with Gasteiger partial charge < -0.3 is 24.5 Å². The van der Waals surface area contributed by atoms with E-state index in [0.29, 0.717) is 31.4 Å². The van der Waals surface area contributed by atoms with Gasteiger partial charge in [-0.2, -0.15) is 0 Å². The summed E-state index contributed by atoms with van der Waals surface area (Å²) in [6.45, 7) is 6.30. The molecule has 0 radical (unpaired) electrons. The van der Waals surface area contributed by atoms with E-state index in [0.717, 1.165) is 35.5 Å². The highest BCUT2D eigenvalue weighted by Crippen LogP contribution is 2.63. The molecule has 5 nitrogen and oxygen atoms in total. The van der Waals surface area contributed by atoms with Crippen molar-refractivity contribution in [2.45, 2.75) is 68.8 Å². The van der Waals surface area contributed by atoms with Crippen LogP contribution >= 0.6 is 0 Å². The average Bonchev–Trinajstić information content (AvgIpc) is 3.33. The Hall–Kier alpha value is -1.30. The van der Waals surface area contributed by atoms with Gasteiger partial charge in [-0.15, -0.1) is 0 Å². The second kappa shape index (κ2) is 5.62. The predicted octanol–water partition coefficient (Wildman–Crippen LogP) is 2.56. The fourth-order valence-corrected chi connectivity index (χ4v) is 6.64. The second-order valence-electron chi connectivity index (χ2n) is 10.0. The van der Waals surface area contributed by atoms with Crippen molar-refractivity contribution in [2.75, 3.05) is 20.1 Å². The van der Waals surface area contributed by atoms with Gasteiger partial charge in [-0.1, -0.05) is 12.7 Å². The van der Waals surface area contributed by atoms with Crippen LogP contribution in [-0.4, -0.2) is 63.8 Å². The lowest BCUT2D eigenvalue weighted by atomic mass is 9.52. The van der Waals surface area contributed by atoms with Crippen LogP contribution in [0.4, 0.5) is 0 Å². The lowest BCUT2D eigenvalue weighted by Crippen LogP contribution is -2.77. The molecule has 27 heavy (non-hydrogen) atoms. The Kier molecular flexibility index (Phi) is 3.70. The Balaban J connectivity index is 1.66. The predicted molar refractivity (Wildman–Crippen MR) is 102 cm³/mol. The number of hydrogen-bond acceptors (Lipinski definition) is 4. The van der Waals surface area contributed by atoms with Crippen molar-refractivity contribution in [2.24, 2.45) is 11.3 Å². The molecule has 4 fully saturated rings. The van der Waals surface area contributed by atoms with Gasteiger partial charge >= 0.3 is 0 Å². The molecule has 5 rings (SSSR count). The maximum atomic E-state index is 12.3. The molecule has 2 heterocycles. The third-order valence-electron chi connectivity index (χ3n) is 8.29. The normalized spacial score (nSPS) is 50.3. The van der Waals surface area contributed by atoms with Crippen LogP contribution in [0.3, 0.4) is 0 Å². The van der Waals surface area contributed by atoms with E-state index in [9.17, 15) is 15.3 Å². The van der Waals surface area contributed by atoms with Crippen LogP contribution in [0.5, 0.6) is 0 Å². The van der Waals surface area contributed by atoms with Gasteiger partial charge in [-0.05, 0) is 37.3 Å². The first-order valence-electron chi connectivity index (χ1n) is 10.5. The number of ether oxygens (including phenoxy) is 1. The van der Waals surface area contributed by atoms with Crippen LogP contribution in [0, 0.1) is 11.3 Å². The van der Waals surface area contributed by atoms with Crippen molar-refractivity contribution in [3.05, 3.63) is 35.8 Å². The summed E-state index contributed by atoms with van der Waals surface area (Å²) in [5.41, 5.74) is -0.512. The highest BCUT2D eigenvalue weighted by atomic mass is 16.5. The van der Waals surface area contributed by atoms with Crippen molar-refractivity contribution in [3.8, 4) is 0 Å². The number of fused-ring (bicyclic) bond motifs is 1. The van der Waals surface area contributed by atoms with Gasteiger partial charge in [0.2, 0.25) is 0 Å². The molecular weight excluding hydrogens is 342 g/mol. The van der Waals surface area contributed by atoms with Crippen LogP contribution in [0.2, 0.25) is 0 Å². The number of hydrogen-bond donors (Lipinski definition) is 3. The number of nitrogens with zero attached hydrogens (tertiary/aromatic N) is 1. The first-order valence-corrected chi connectivity index (χ1v) is 10.5. The summed E-state index contributed by atoms with van der Waals surface area (Å²) in [4.78, 5) is 0. The van der Waals surface area contributed by atoms with Crippen LogP contribution in [0.25, 0.3) is 0 Å². The van der Waals surface area contributed by atoms with Crippen LogP contribution < -0.4 is 0 Å². The Morgan fingerprint density at radius 3 is 2.78 bits per heavy atom.